The van der Waals surface area contributed by atoms with Crippen LogP contribution >= 0.6 is 23.2 Å². The second kappa shape index (κ2) is 6.84. The Morgan fingerprint density at radius 3 is 2.82 bits per heavy atom. The predicted octanol–water partition coefficient (Wildman–Crippen LogP) is 2.82. The van der Waals surface area contributed by atoms with Gasteiger partial charge in [0.25, 0.3) is 0 Å². The number of ether oxygens (including phenoxy) is 1. The third kappa shape index (κ3) is 4.54. The fraction of sp³-hybridized carbons (Fsp3) is 0.417. The Kier molecular flexibility index (Phi) is 5.75. The third-order valence-electron chi connectivity index (χ3n) is 2.46. The Labute approximate surface area is 111 Å². The molecule has 0 saturated heterocycles. The van der Waals surface area contributed by atoms with Crippen molar-refractivity contribution in [3.8, 4) is 0 Å². The third-order valence-corrected chi connectivity index (χ3v) is 3.32. The van der Waals surface area contributed by atoms with E-state index >= 15 is 0 Å². The highest BCUT2D eigenvalue weighted by Crippen LogP contribution is 2.26. The molecule has 0 aromatic heterocycles. The van der Waals surface area contributed by atoms with Gasteiger partial charge >= 0.3 is 5.97 Å². The van der Waals surface area contributed by atoms with E-state index in [2.05, 4.69) is 4.74 Å². The van der Waals surface area contributed by atoms with Gasteiger partial charge in [-0.15, -0.1) is 0 Å². The molecule has 1 atom stereocenters. The Hall–Kier alpha value is -0.770. The van der Waals surface area contributed by atoms with Crippen LogP contribution in [-0.2, 0) is 16.0 Å². The quantitative estimate of drug-likeness (QED) is 0.841. The number of hydrogen-bond acceptors (Lipinski definition) is 3. The molecule has 17 heavy (non-hydrogen) atoms. The van der Waals surface area contributed by atoms with Crippen molar-refractivity contribution in [2.45, 2.75) is 25.3 Å². The molecule has 3 nitrogen and oxygen atoms in total. The van der Waals surface area contributed by atoms with E-state index in [-0.39, 0.29) is 12.0 Å². The van der Waals surface area contributed by atoms with Crippen LogP contribution in [0.1, 0.15) is 18.4 Å². The number of benzene rings is 1. The van der Waals surface area contributed by atoms with Crippen molar-refractivity contribution in [1.82, 2.24) is 0 Å². The minimum atomic E-state index is -0.252. The fourth-order valence-corrected chi connectivity index (χ4v) is 1.89. The maximum atomic E-state index is 11.0. The average Bonchev–Trinajstić information content (AvgIpc) is 2.32. The Bertz CT molecular complexity index is 396. The van der Waals surface area contributed by atoms with Crippen LogP contribution in [0.5, 0.6) is 0 Å². The number of esters is 1. The summed E-state index contributed by atoms with van der Waals surface area (Å²) in [6.07, 6.45) is 1.47. The Balaban J connectivity index is 2.53. The van der Waals surface area contributed by atoms with Crippen molar-refractivity contribution in [1.29, 1.82) is 0 Å². The molecule has 0 fully saturated rings. The van der Waals surface area contributed by atoms with Gasteiger partial charge in [-0.05, 0) is 24.5 Å². The molecule has 0 amide bonds. The monoisotopic (exact) mass is 275 g/mol. The molecule has 94 valence electrons. The van der Waals surface area contributed by atoms with Gasteiger partial charge in [0.15, 0.2) is 0 Å². The van der Waals surface area contributed by atoms with Crippen molar-refractivity contribution in [3.05, 3.63) is 33.8 Å². The van der Waals surface area contributed by atoms with Gasteiger partial charge < -0.3 is 10.5 Å². The molecular weight excluding hydrogens is 261 g/mol. The number of carbonyl (C=O) groups is 1. The summed E-state index contributed by atoms with van der Waals surface area (Å²) in [5.74, 6) is -0.252. The standard InChI is InChI=1S/C12H15Cl2NO2/c1-17-11(16)6-5-9(15)7-8-3-2-4-10(13)12(8)14/h2-4,9H,5-7,15H2,1H3. The first-order chi connectivity index (χ1) is 8.04. The second-order valence-electron chi connectivity index (χ2n) is 3.79. The minimum Gasteiger partial charge on any atom is -0.469 e. The molecule has 1 aromatic rings. The van der Waals surface area contributed by atoms with Gasteiger partial charge in [-0.1, -0.05) is 35.3 Å². The topological polar surface area (TPSA) is 52.3 Å². The van der Waals surface area contributed by atoms with Gasteiger partial charge in [-0.3, -0.25) is 4.79 Å². The molecule has 0 aliphatic rings. The smallest absolute Gasteiger partial charge is 0.305 e. The summed E-state index contributed by atoms with van der Waals surface area (Å²) in [4.78, 5) is 11.0. The highest BCUT2D eigenvalue weighted by Gasteiger charge is 2.11. The first-order valence-electron chi connectivity index (χ1n) is 5.30. The van der Waals surface area contributed by atoms with Crippen molar-refractivity contribution in [3.63, 3.8) is 0 Å². The Morgan fingerprint density at radius 1 is 1.47 bits per heavy atom. The maximum absolute atomic E-state index is 11.0. The average molecular weight is 276 g/mol. The number of hydrogen-bond donors (Lipinski definition) is 1. The lowest BCUT2D eigenvalue weighted by Crippen LogP contribution is -2.24. The van der Waals surface area contributed by atoms with E-state index in [0.717, 1.165) is 5.56 Å². The molecule has 0 aliphatic heterocycles. The molecule has 5 heteroatoms. The van der Waals surface area contributed by atoms with Gasteiger partial charge in [0.2, 0.25) is 0 Å². The summed E-state index contributed by atoms with van der Waals surface area (Å²) in [5, 5.41) is 1.05. The first-order valence-corrected chi connectivity index (χ1v) is 6.05. The van der Waals surface area contributed by atoms with E-state index in [1.54, 1.807) is 6.07 Å². The highest BCUT2D eigenvalue weighted by molar-refractivity contribution is 6.42. The summed E-state index contributed by atoms with van der Waals surface area (Å²) >= 11 is 11.9. The number of nitrogens with two attached hydrogens (primary N) is 1. The van der Waals surface area contributed by atoms with Gasteiger partial charge in [0.05, 0.1) is 17.2 Å². The van der Waals surface area contributed by atoms with E-state index in [1.165, 1.54) is 7.11 Å². The molecular formula is C12H15Cl2NO2. The van der Waals surface area contributed by atoms with Crippen molar-refractivity contribution in [2.24, 2.45) is 5.73 Å². The summed E-state index contributed by atoms with van der Waals surface area (Å²) < 4.78 is 4.55. The van der Waals surface area contributed by atoms with Crippen LogP contribution in [0, 0.1) is 0 Å². The van der Waals surface area contributed by atoms with E-state index in [0.29, 0.717) is 29.3 Å². The normalized spacial score (nSPS) is 12.2. The zero-order valence-electron chi connectivity index (χ0n) is 9.58. The summed E-state index contributed by atoms with van der Waals surface area (Å²) in [6.45, 7) is 0. The predicted molar refractivity (Wildman–Crippen MR) is 69.4 cm³/mol. The van der Waals surface area contributed by atoms with E-state index < -0.39 is 0 Å². The van der Waals surface area contributed by atoms with Crippen LogP contribution in [0.15, 0.2) is 18.2 Å². The van der Waals surface area contributed by atoms with E-state index in [9.17, 15) is 4.79 Å². The SMILES string of the molecule is COC(=O)CCC(N)Cc1cccc(Cl)c1Cl. The zero-order chi connectivity index (χ0) is 12.8. The lowest BCUT2D eigenvalue weighted by molar-refractivity contribution is -0.140. The molecule has 0 aliphatic carbocycles. The number of carbonyl (C=O) groups excluding carboxylic acids is 1. The lowest BCUT2D eigenvalue weighted by atomic mass is 10.0. The largest absolute Gasteiger partial charge is 0.469 e. The van der Waals surface area contributed by atoms with E-state index in [1.807, 2.05) is 12.1 Å². The van der Waals surface area contributed by atoms with Gasteiger partial charge in [-0.25, -0.2) is 0 Å². The van der Waals surface area contributed by atoms with Crippen LogP contribution < -0.4 is 5.73 Å². The first kappa shape index (κ1) is 14.3. The fourth-order valence-electron chi connectivity index (χ4n) is 1.50. The molecule has 2 N–H and O–H groups in total. The van der Waals surface area contributed by atoms with Crippen molar-refractivity contribution < 1.29 is 9.53 Å². The van der Waals surface area contributed by atoms with Crippen molar-refractivity contribution >= 4 is 29.2 Å². The van der Waals surface area contributed by atoms with E-state index in [4.69, 9.17) is 28.9 Å². The summed E-state index contributed by atoms with van der Waals surface area (Å²) in [6, 6.07) is 5.31. The summed E-state index contributed by atoms with van der Waals surface area (Å²) in [7, 11) is 1.36. The zero-order valence-corrected chi connectivity index (χ0v) is 11.1. The van der Waals surface area contributed by atoms with Crippen LogP contribution in [0.3, 0.4) is 0 Å². The van der Waals surface area contributed by atoms with Crippen LogP contribution in [0.2, 0.25) is 10.0 Å². The molecule has 1 aromatic carbocycles. The molecule has 1 unspecified atom stereocenters. The van der Waals surface area contributed by atoms with Crippen molar-refractivity contribution in [2.75, 3.05) is 7.11 Å². The summed E-state index contributed by atoms with van der Waals surface area (Å²) in [5.41, 5.74) is 6.82. The van der Waals surface area contributed by atoms with Gasteiger partial charge in [0.1, 0.15) is 0 Å². The van der Waals surface area contributed by atoms with Gasteiger partial charge in [0, 0.05) is 12.5 Å². The Morgan fingerprint density at radius 2 is 2.18 bits per heavy atom. The second-order valence-corrected chi connectivity index (χ2v) is 4.58. The molecule has 0 saturated carbocycles. The van der Waals surface area contributed by atoms with Gasteiger partial charge in [-0.2, -0.15) is 0 Å². The maximum Gasteiger partial charge on any atom is 0.305 e. The van der Waals surface area contributed by atoms with Crippen LogP contribution in [-0.4, -0.2) is 19.1 Å². The molecule has 1 rings (SSSR count). The van der Waals surface area contributed by atoms with Crippen LogP contribution in [0.25, 0.3) is 0 Å². The number of rotatable bonds is 5. The molecule has 0 heterocycles. The highest BCUT2D eigenvalue weighted by atomic mass is 35.5. The minimum absolute atomic E-state index is 0.134. The molecule has 0 radical (unpaired) electrons. The number of halogens is 2. The molecule has 0 bridgehead atoms. The van der Waals surface area contributed by atoms with Crippen LogP contribution in [0.4, 0.5) is 0 Å². The number of methoxy groups -OCH3 is 1. The lowest BCUT2D eigenvalue weighted by Gasteiger charge is -2.12. The molecule has 0 spiro atoms.